The zero-order chi connectivity index (χ0) is 9.19. The number of rotatable bonds is 2. The Hall–Kier alpha value is 0.539. The zero-order valence-corrected chi connectivity index (χ0v) is 11.7. The second kappa shape index (κ2) is 4.17. The summed E-state index contributed by atoms with van der Waals surface area (Å²) in [5.41, 5.74) is 0. The second-order valence-electron chi connectivity index (χ2n) is 5.11. The molecule has 0 atom stereocenters. The molecule has 0 N–H and O–H groups in total. The molecular formula is C11H22Sn. The van der Waals surface area contributed by atoms with E-state index in [0.29, 0.717) is 0 Å². The van der Waals surface area contributed by atoms with Crippen LogP contribution in [0.2, 0.25) is 14.8 Å². The molecule has 0 unspecified atom stereocenters. The van der Waals surface area contributed by atoms with E-state index in [1.54, 1.807) is 3.59 Å². The van der Waals surface area contributed by atoms with Crippen LogP contribution in [-0.4, -0.2) is 18.4 Å². The van der Waals surface area contributed by atoms with Crippen molar-refractivity contribution < 1.29 is 0 Å². The van der Waals surface area contributed by atoms with Gasteiger partial charge in [0.1, 0.15) is 0 Å². The van der Waals surface area contributed by atoms with Crippen molar-refractivity contribution in [2.45, 2.75) is 46.9 Å². The van der Waals surface area contributed by atoms with E-state index in [-0.39, 0.29) is 0 Å². The standard InChI is InChI=1S/C8H13.3CH3.Sn/c1-2-8-6-4-3-5-7-8;;;;/h8H,1,3-7H2;3*1H3;. The van der Waals surface area contributed by atoms with Gasteiger partial charge in [-0.3, -0.25) is 0 Å². The van der Waals surface area contributed by atoms with Crippen LogP contribution in [0.3, 0.4) is 0 Å². The Morgan fingerprint density at radius 1 is 1.08 bits per heavy atom. The molecule has 0 saturated heterocycles. The summed E-state index contributed by atoms with van der Waals surface area (Å²) in [7, 11) is 0. The molecule has 1 fully saturated rings. The van der Waals surface area contributed by atoms with Crippen LogP contribution < -0.4 is 0 Å². The summed E-state index contributed by atoms with van der Waals surface area (Å²) in [6, 6.07) is 0. The summed E-state index contributed by atoms with van der Waals surface area (Å²) in [5.74, 6) is 0.912. The van der Waals surface area contributed by atoms with E-state index >= 15 is 0 Å². The van der Waals surface area contributed by atoms with E-state index in [1.165, 1.54) is 32.1 Å². The van der Waals surface area contributed by atoms with E-state index < -0.39 is 18.4 Å². The van der Waals surface area contributed by atoms with Crippen LogP contribution in [0.15, 0.2) is 10.2 Å². The first kappa shape index (κ1) is 10.6. The van der Waals surface area contributed by atoms with E-state index in [0.717, 1.165) is 5.92 Å². The monoisotopic (exact) mass is 274 g/mol. The fraction of sp³-hybridized carbons (Fsp3) is 0.818. The van der Waals surface area contributed by atoms with Gasteiger partial charge in [-0.15, -0.1) is 0 Å². The van der Waals surface area contributed by atoms with Crippen LogP contribution >= 0.6 is 0 Å². The van der Waals surface area contributed by atoms with E-state index in [1.807, 2.05) is 0 Å². The minimum absolute atomic E-state index is 0.912. The molecule has 0 aromatic rings. The fourth-order valence-electron chi connectivity index (χ4n) is 2.06. The van der Waals surface area contributed by atoms with Crippen LogP contribution in [0.25, 0.3) is 0 Å². The molecule has 1 aliphatic carbocycles. The summed E-state index contributed by atoms with van der Waals surface area (Å²) in [4.78, 5) is 7.48. The molecule has 0 aromatic carbocycles. The Morgan fingerprint density at radius 2 is 1.58 bits per heavy atom. The Bertz CT molecular complexity index is 158. The van der Waals surface area contributed by atoms with Crippen LogP contribution in [0, 0.1) is 5.92 Å². The first-order chi connectivity index (χ1) is 5.52. The quantitative estimate of drug-likeness (QED) is 0.667. The van der Waals surface area contributed by atoms with Gasteiger partial charge in [0.25, 0.3) is 0 Å². The van der Waals surface area contributed by atoms with Gasteiger partial charge in [-0.25, -0.2) is 0 Å². The molecule has 0 radical (unpaired) electrons. The summed E-state index contributed by atoms with van der Waals surface area (Å²) in [6.07, 6.45) is 7.24. The van der Waals surface area contributed by atoms with Crippen molar-refractivity contribution in [2.24, 2.45) is 5.92 Å². The normalized spacial score (nSPS) is 20.9. The van der Waals surface area contributed by atoms with Gasteiger partial charge < -0.3 is 0 Å². The molecule has 0 spiro atoms. The molecule has 1 heteroatoms. The van der Waals surface area contributed by atoms with Crippen LogP contribution in [-0.2, 0) is 0 Å². The average molecular weight is 273 g/mol. The van der Waals surface area contributed by atoms with Crippen molar-refractivity contribution >= 4 is 18.4 Å². The maximum absolute atomic E-state index is 4.34. The Balaban J connectivity index is 2.51. The van der Waals surface area contributed by atoms with Crippen molar-refractivity contribution in [1.82, 2.24) is 0 Å². The minimum atomic E-state index is -1.74. The molecule has 0 aromatic heterocycles. The Labute approximate surface area is 81.3 Å². The summed E-state index contributed by atoms with van der Waals surface area (Å²) < 4.78 is 1.68. The topological polar surface area (TPSA) is 0 Å². The first-order valence-electron chi connectivity index (χ1n) is 5.21. The molecule has 0 nitrogen and oxygen atoms in total. The third kappa shape index (κ3) is 2.79. The molecular weight excluding hydrogens is 251 g/mol. The predicted molar refractivity (Wildman–Crippen MR) is 59.1 cm³/mol. The van der Waals surface area contributed by atoms with Gasteiger partial charge in [0, 0.05) is 0 Å². The van der Waals surface area contributed by atoms with Crippen molar-refractivity contribution in [2.75, 3.05) is 0 Å². The molecule has 0 bridgehead atoms. The third-order valence-electron chi connectivity index (χ3n) is 3.06. The SMILES string of the molecule is C=[C](C1CCCCC1)[Sn]([CH3])([CH3])[CH3]. The van der Waals surface area contributed by atoms with Crippen LogP contribution in [0.1, 0.15) is 32.1 Å². The van der Waals surface area contributed by atoms with Crippen LogP contribution in [0.4, 0.5) is 0 Å². The fourth-order valence-corrected chi connectivity index (χ4v) is 6.38. The number of allylic oxidation sites excluding steroid dienone is 1. The molecule has 12 heavy (non-hydrogen) atoms. The van der Waals surface area contributed by atoms with Gasteiger partial charge in [0.05, 0.1) is 0 Å². The Kier molecular flexibility index (Phi) is 3.69. The zero-order valence-electron chi connectivity index (χ0n) is 8.82. The van der Waals surface area contributed by atoms with Gasteiger partial charge in [-0.1, -0.05) is 0 Å². The van der Waals surface area contributed by atoms with E-state index in [9.17, 15) is 0 Å². The van der Waals surface area contributed by atoms with Crippen molar-refractivity contribution in [3.05, 3.63) is 10.2 Å². The van der Waals surface area contributed by atoms with Crippen molar-refractivity contribution in [1.29, 1.82) is 0 Å². The first-order valence-corrected chi connectivity index (χ1v) is 15.2. The van der Waals surface area contributed by atoms with Gasteiger partial charge in [-0.2, -0.15) is 0 Å². The molecule has 1 saturated carbocycles. The van der Waals surface area contributed by atoms with Crippen molar-refractivity contribution in [3.8, 4) is 0 Å². The summed E-state index contributed by atoms with van der Waals surface area (Å²) in [5, 5.41) is 0. The van der Waals surface area contributed by atoms with Gasteiger partial charge in [0.15, 0.2) is 0 Å². The third-order valence-corrected chi connectivity index (χ3v) is 9.73. The average Bonchev–Trinajstić information content (AvgIpc) is 2.03. The summed E-state index contributed by atoms with van der Waals surface area (Å²) >= 11 is -1.74. The predicted octanol–water partition coefficient (Wildman–Crippen LogP) is 4.00. The van der Waals surface area contributed by atoms with Gasteiger partial charge >= 0.3 is 81.4 Å². The second-order valence-corrected chi connectivity index (χ2v) is 19.8. The maximum atomic E-state index is 4.34. The molecule has 0 heterocycles. The van der Waals surface area contributed by atoms with Gasteiger partial charge in [-0.05, 0) is 0 Å². The van der Waals surface area contributed by atoms with Crippen molar-refractivity contribution in [3.63, 3.8) is 0 Å². The summed E-state index contributed by atoms with van der Waals surface area (Å²) in [6.45, 7) is 4.34. The van der Waals surface area contributed by atoms with E-state index in [2.05, 4.69) is 21.4 Å². The Morgan fingerprint density at radius 3 is 2.00 bits per heavy atom. The molecule has 1 aliphatic rings. The molecule has 0 aliphatic heterocycles. The molecule has 0 amide bonds. The van der Waals surface area contributed by atoms with Gasteiger partial charge in [0.2, 0.25) is 0 Å². The number of hydrogen-bond donors (Lipinski definition) is 0. The molecule has 1 rings (SSSR count). The van der Waals surface area contributed by atoms with Crippen LogP contribution in [0.5, 0.6) is 0 Å². The number of hydrogen-bond acceptors (Lipinski definition) is 0. The van der Waals surface area contributed by atoms with E-state index in [4.69, 9.17) is 0 Å². The molecule has 70 valence electrons.